The molecule has 4 nitrogen and oxygen atoms in total. The van der Waals surface area contributed by atoms with Crippen LogP contribution in [0.25, 0.3) is 0 Å². The molecule has 23 heavy (non-hydrogen) atoms. The van der Waals surface area contributed by atoms with Crippen LogP contribution in [0, 0.1) is 20.8 Å². The molecule has 0 bridgehead atoms. The van der Waals surface area contributed by atoms with Crippen molar-refractivity contribution in [2.24, 2.45) is 4.99 Å². The number of nitrogens with zero attached hydrogens (tertiary/aromatic N) is 2. The van der Waals surface area contributed by atoms with E-state index in [1.165, 1.54) is 21.6 Å². The maximum Gasteiger partial charge on any atom is 0.191 e. The molecule has 0 amide bonds. The monoisotopic (exact) mass is 330 g/mol. The molecule has 0 saturated heterocycles. The van der Waals surface area contributed by atoms with Crippen molar-refractivity contribution in [3.63, 3.8) is 0 Å². The quantitative estimate of drug-likeness (QED) is 0.631. The van der Waals surface area contributed by atoms with Crippen molar-refractivity contribution in [1.82, 2.24) is 15.6 Å². The van der Waals surface area contributed by atoms with Gasteiger partial charge in [-0.3, -0.25) is 0 Å². The molecule has 0 unspecified atom stereocenters. The fourth-order valence-electron chi connectivity index (χ4n) is 2.52. The van der Waals surface area contributed by atoms with E-state index in [-0.39, 0.29) is 0 Å². The highest BCUT2D eigenvalue weighted by Crippen LogP contribution is 2.12. The van der Waals surface area contributed by atoms with Crippen LogP contribution in [0.1, 0.15) is 33.5 Å². The van der Waals surface area contributed by atoms with Gasteiger partial charge >= 0.3 is 0 Å². The second-order valence-electron chi connectivity index (χ2n) is 5.71. The average molecular weight is 331 g/mol. The first-order chi connectivity index (χ1) is 11.1. The predicted octanol–water partition coefficient (Wildman–Crippen LogP) is 3.37. The number of hydrogen-bond donors (Lipinski definition) is 2. The summed E-state index contributed by atoms with van der Waals surface area (Å²) in [5, 5.41) is 7.79. The van der Waals surface area contributed by atoms with E-state index in [1.54, 1.807) is 11.3 Å². The third kappa shape index (κ3) is 6.02. The van der Waals surface area contributed by atoms with Crippen LogP contribution < -0.4 is 10.6 Å². The van der Waals surface area contributed by atoms with Gasteiger partial charge < -0.3 is 10.6 Å². The molecule has 1 aromatic heterocycles. The van der Waals surface area contributed by atoms with Crippen LogP contribution in [0.2, 0.25) is 0 Å². The zero-order chi connectivity index (χ0) is 16.7. The number of nitrogens with one attached hydrogen (secondary N) is 2. The van der Waals surface area contributed by atoms with Crippen LogP contribution in [0.4, 0.5) is 0 Å². The molecule has 0 aliphatic heterocycles. The first-order valence-corrected chi connectivity index (χ1v) is 8.89. The Hall–Kier alpha value is -1.88. The molecule has 0 atom stereocenters. The van der Waals surface area contributed by atoms with Crippen molar-refractivity contribution in [3.05, 3.63) is 51.0 Å². The maximum absolute atomic E-state index is 4.63. The van der Waals surface area contributed by atoms with Gasteiger partial charge in [0.05, 0.1) is 11.6 Å². The molecule has 0 radical (unpaired) electrons. The van der Waals surface area contributed by atoms with E-state index in [4.69, 9.17) is 0 Å². The summed E-state index contributed by atoms with van der Waals surface area (Å²) in [6, 6.07) is 6.71. The van der Waals surface area contributed by atoms with Gasteiger partial charge in [-0.2, -0.15) is 0 Å². The molecular formula is C18H26N4S. The Morgan fingerprint density at radius 2 is 1.87 bits per heavy atom. The summed E-state index contributed by atoms with van der Waals surface area (Å²) in [5.41, 5.74) is 4.01. The molecule has 2 aromatic rings. The molecular weight excluding hydrogens is 304 g/mol. The van der Waals surface area contributed by atoms with Crippen LogP contribution in [0.5, 0.6) is 0 Å². The van der Waals surface area contributed by atoms with Gasteiger partial charge in [0.15, 0.2) is 5.96 Å². The van der Waals surface area contributed by atoms with Gasteiger partial charge in [-0.1, -0.05) is 29.3 Å². The highest BCUT2D eigenvalue weighted by atomic mass is 32.1. The summed E-state index contributed by atoms with van der Waals surface area (Å²) >= 11 is 1.70. The minimum Gasteiger partial charge on any atom is -0.357 e. The lowest BCUT2D eigenvalue weighted by Gasteiger charge is -2.11. The summed E-state index contributed by atoms with van der Waals surface area (Å²) in [6.45, 7) is 10.8. The summed E-state index contributed by atoms with van der Waals surface area (Å²) in [7, 11) is 0. The minimum atomic E-state index is 0.671. The molecule has 0 aliphatic carbocycles. The smallest absolute Gasteiger partial charge is 0.191 e. The zero-order valence-corrected chi connectivity index (χ0v) is 15.3. The lowest BCUT2D eigenvalue weighted by Crippen LogP contribution is -2.38. The van der Waals surface area contributed by atoms with Gasteiger partial charge in [-0.05, 0) is 39.7 Å². The number of aliphatic imine (C=N–C) groups is 1. The lowest BCUT2D eigenvalue weighted by atomic mass is 10.1. The largest absolute Gasteiger partial charge is 0.357 e. The van der Waals surface area contributed by atoms with Gasteiger partial charge in [0.1, 0.15) is 0 Å². The van der Waals surface area contributed by atoms with Gasteiger partial charge in [-0.15, -0.1) is 11.3 Å². The SMILES string of the molecule is CCNC(=NCc1cnc(C)s1)NCCc1cc(C)cc(C)c1. The van der Waals surface area contributed by atoms with E-state index in [0.29, 0.717) is 6.54 Å². The topological polar surface area (TPSA) is 49.3 Å². The Morgan fingerprint density at radius 1 is 1.13 bits per heavy atom. The van der Waals surface area contributed by atoms with Crippen LogP contribution in [0.3, 0.4) is 0 Å². The molecule has 124 valence electrons. The number of thiazole rings is 1. The summed E-state index contributed by atoms with van der Waals surface area (Å²) in [6.07, 6.45) is 2.90. The molecule has 2 rings (SSSR count). The Balaban J connectivity index is 1.88. The number of guanidine groups is 1. The molecule has 5 heteroatoms. The summed E-state index contributed by atoms with van der Waals surface area (Å²) < 4.78 is 0. The molecule has 0 fully saturated rings. The minimum absolute atomic E-state index is 0.671. The Kier molecular flexibility index (Phi) is 6.59. The standard InChI is InChI=1S/C18H26N4S/c1-5-19-18(22-12-17-11-21-15(4)23-17)20-7-6-16-9-13(2)8-14(3)10-16/h8-11H,5-7,12H2,1-4H3,(H2,19,20,22). The number of aryl methyl sites for hydroxylation is 3. The van der Waals surface area contributed by atoms with E-state index in [9.17, 15) is 0 Å². The maximum atomic E-state index is 4.63. The van der Waals surface area contributed by atoms with Crippen molar-refractivity contribution in [3.8, 4) is 0 Å². The normalized spacial score (nSPS) is 11.6. The average Bonchev–Trinajstić information content (AvgIpc) is 2.89. The van der Waals surface area contributed by atoms with E-state index in [1.807, 2.05) is 13.1 Å². The number of rotatable bonds is 6. The van der Waals surface area contributed by atoms with Gasteiger partial charge in [0, 0.05) is 24.2 Å². The van der Waals surface area contributed by atoms with Crippen molar-refractivity contribution in [1.29, 1.82) is 0 Å². The first kappa shape index (κ1) is 17.5. The van der Waals surface area contributed by atoms with Crippen LogP contribution >= 0.6 is 11.3 Å². The van der Waals surface area contributed by atoms with Crippen LogP contribution in [-0.4, -0.2) is 24.0 Å². The zero-order valence-electron chi connectivity index (χ0n) is 14.4. The van der Waals surface area contributed by atoms with Gasteiger partial charge in [-0.25, -0.2) is 9.98 Å². The molecule has 0 aliphatic rings. The number of benzene rings is 1. The van der Waals surface area contributed by atoms with Crippen molar-refractivity contribution < 1.29 is 0 Å². The van der Waals surface area contributed by atoms with E-state index in [2.05, 4.69) is 59.6 Å². The van der Waals surface area contributed by atoms with E-state index in [0.717, 1.165) is 30.5 Å². The Bertz CT molecular complexity index is 641. The number of hydrogen-bond acceptors (Lipinski definition) is 3. The number of aromatic nitrogens is 1. The molecule has 1 aromatic carbocycles. The Labute approximate surface area is 143 Å². The van der Waals surface area contributed by atoms with E-state index < -0.39 is 0 Å². The molecule has 1 heterocycles. The second kappa shape index (κ2) is 8.67. The van der Waals surface area contributed by atoms with Crippen LogP contribution in [0.15, 0.2) is 29.4 Å². The fourth-order valence-corrected chi connectivity index (χ4v) is 3.24. The van der Waals surface area contributed by atoms with Crippen LogP contribution in [-0.2, 0) is 13.0 Å². The molecule has 2 N–H and O–H groups in total. The van der Waals surface area contributed by atoms with Crippen molar-refractivity contribution in [2.75, 3.05) is 13.1 Å². The third-order valence-corrected chi connectivity index (χ3v) is 4.29. The first-order valence-electron chi connectivity index (χ1n) is 8.07. The summed E-state index contributed by atoms with van der Waals surface area (Å²) in [5.74, 6) is 0.864. The third-order valence-electron chi connectivity index (χ3n) is 3.39. The van der Waals surface area contributed by atoms with Crippen molar-refractivity contribution in [2.45, 2.75) is 40.7 Å². The van der Waals surface area contributed by atoms with Gasteiger partial charge in [0.2, 0.25) is 0 Å². The highest BCUT2D eigenvalue weighted by Gasteiger charge is 2.01. The van der Waals surface area contributed by atoms with Gasteiger partial charge in [0.25, 0.3) is 0 Å². The van der Waals surface area contributed by atoms with Crippen molar-refractivity contribution >= 4 is 17.3 Å². The molecule has 0 spiro atoms. The lowest BCUT2D eigenvalue weighted by molar-refractivity contribution is 0.800. The molecule has 0 saturated carbocycles. The highest BCUT2D eigenvalue weighted by molar-refractivity contribution is 7.11. The predicted molar refractivity (Wildman–Crippen MR) is 99.3 cm³/mol. The fraction of sp³-hybridized carbons (Fsp3) is 0.444. The van der Waals surface area contributed by atoms with E-state index >= 15 is 0 Å². The second-order valence-corrected chi connectivity index (χ2v) is 7.03. The summed E-state index contributed by atoms with van der Waals surface area (Å²) in [4.78, 5) is 10.1. The Morgan fingerprint density at radius 3 is 2.48 bits per heavy atom.